The van der Waals surface area contributed by atoms with Gasteiger partial charge in [0.05, 0.1) is 0 Å². The fourth-order valence-corrected chi connectivity index (χ4v) is 2.60. The lowest BCUT2D eigenvalue weighted by molar-refractivity contribution is 0.308. The number of hydrogen-bond acceptors (Lipinski definition) is 2. The third-order valence-corrected chi connectivity index (χ3v) is 3.92. The zero-order valence-corrected chi connectivity index (χ0v) is 10.2. The van der Waals surface area contributed by atoms with Crippen LogP contribution in [0.5, 0.6) is 0 Å². The Bertz CT molecular complexity index is 176. The minimum atomic E-state index is -0.618. The predicted molar refractivity (Wildman–Crippen MR) is 63.0 cm³/mol. The zero-order chi connectivity index (χ0) is 10.4. The highest BCUT2D eigenvalue weighted by Gasteiger charge is 2.16. The van der Waals surface area contributed by atoms with Crippen LogP contribution in [0.15, 0.2) is 0 Å². The van der Waals surface area contributed by atoms with Gasteiger partial charge in [0.1, 0.15) is 0 Å². The van der Waals surface area contributed by atoms with Crippen molar-refractivity contribution in [3.8, 4) is 0 Å². The highest BCUT2D eigenvalue weighted by molar-refractivity contribution is 7.84. The van der Waals surface area contributed by atoms with Crippen LogP contribution >= 0.6 is 0 Å². The summed E-state index contributed by atoms with van der Waals surface area (Å²) in [4.78, 5) is 0. The van der Waals surface area contributed by atoms with Gasteiger partial charge in [-0.2, -0.15) is 0 Å². The van der Waals surface area contributed by atoms with Gasteiger partial charge in [0.15, 0.2) is 0 Å². The van der Waals surface area contributed by atoms with Gasteiger partial charge in [-0.25, -0.2) is 0 Å². The van der Waals surface area contributed by atoms with Crippen LogP contribution in [0.2, 0.25) is 0 Å². The molecule has 1 atom stereocenters. The Morgan fingerprint density at radius 3 is 2.50 bits per heavy atom. The van der Waals surface area contributed by atoms with Gasteiger partial charge in [-0.05, 0) is 44.6 Å². The second-order valence-corrected chi connectivity index (χ2v) is 6.10. The van der Waals surface area contributed by atoms with E-state index in [2.05, 4.69) is 12.2 Å². The molecule has 1 unspecified atom stereocenters. The van der Waals surface area contributed by atoms with Crippen molar-refractivity contribution in [2.75, 3.05) is 18.6 Å². The van der Waals surface area contributed by atoms with Crippen molar-refractivity contribution in [1.82, 2.24) is 5.32 Å². The van der Waals surface area contributed by atoms with Crippen LogP contribution in [-0.4, -0.2) is 28.8 Å². The summed E-state index contributed by atoms with van der Waals surface area (Å²) in [5.41, 5.74) is 0. The molecule has 14 heavy (non-hydrogen) atoms. The molecule has 1 fully saturated rings. The standard InChI is InChI=1S/C11H23NOS/c1-10-4-6-11(7-5-10)12-8-3-9-14(2)13/h10-12H,3-9H2,1-2H3. The summed E-state index contributed by atoms with van der Waals surface area (Å²) in [5, 5.41) is 3.56. The minimum Gasteiger partial charge on any atom is -0.314 e. The van der Waals surface area contributed by atoms with Gasteiger partial charge in [0.2, 0.25) is 0 Å². The average Bonchev–Trinajstić information content (AvgIpc) is 2.15. The number of nitrogens with one attached hydrogen (secondary N) is 1. The van der Waals surface area contributed by atoms with Gasteiger partial charge in [-0.1, -0.05) is 6.92 Å². The first kappa shape index (κ1) is 12.2. The van der Waals surface area contributed by atoms with Gasteiger partial charge >= 0.3 is 0 Å². The molecule has 0 spiro atoms. The van der Waals surface area contributed by atoms with Crippen molar-refractivity contribution in [1.29, 1.82) is 0 Å². The topological polar surface area (TPSA) is 29.1 Å². The summed E-state index contributed by atoms with van der Waals surface area (Å²) < 4.78 is 10.8. The lowest BCUT2D eigenvalue weighted by atomic mass is 9.87. The Balaban J connectivity index is 1.99. The van der Waals surface area contributed by atoms with Crippen molar-refractivity contribution in [3.63, 3.8) is 0 Å². The van der Waals surface area contributed by atoms with Gasteiger partial charge in [-0.3, -0.25) is 4.21 Å². The van der Waals surface area contributed by atoms with Gasteiger partial charge in [-0.15, -0.1) is 0 Å². The van der Waals surface area contributed by atoms with E-state index in [9.17, 15) is 4.21 Å². The summed E-state index contributed by atoms with van der Waals surface area (Å²) in [7, 11) is -0.618. The average molecular weight is 217 g/mol. The van der Waals surface area contributed by atoms with Crippen LogP contribution in [0.1, 0.15) is 39.0 Å². The maximum atomic E-state index is 10.8. The molecule has 0 aromatic rings. The number of rotatable bonds is 5. The lowest BCUT2D eigenvalue weighted by Gasteiger charge is -2.26. The molecular formula is C11H23NOS. The van der Waals surface area contributed by atoms with E-state index in [4.69, 9.17) is 0 Å². The monoisotopic (exact) mass is 217 g/mol. The fraction of sp³-hybridized carbons (Fsp3) is 1.00. The van der Waals surface area contributed by atoms with E-state index < -0.39 is 10.8 Å². The molecule has 1 rings (SSSR count). The molecule has 0 radical (unpaired) electrons. The van der Waals surface area contributed by atoms with Crippen LogP contribution < -0.4 is 5.32 Å². The zero-order valence-electron chi connectivity index (χ0n) is 9.42. The first-order chi connectivity index (χ1) is 6.68. The largest absolute Gasteiger partial charge is 0.314 e. The summed E-state index contributed by atoms with van der Waals surface area (Å²) >= 11 is 0. The molecule has 1 saturated carbocycles. The Hall–Kier alpha value is 0.110. The molecule has 0 heterocycles. The molecule has 0 bridgehead atoms. The van der Waals surface area contributed by atoms with E-state index in [0.29, 0.717) is 0 Å². The third-order valence-electron chi connectivity index (χ3n) is 3.06. The molecule has 0 aromatic carbocycles. The molecule has 1 aliphatic rings. The fourth-order valence-electron chi connectivity index (χ4n) is 2.05. The molecule has 84 valence electrons. The number of hydrogen-bond donors (Lipinski definition) is 1. The van der Waals surface area contributed by atoms with E-state index in [-0.39, 0.29) is 0 Å². The van der Waals surface area contributed by atoms with Gasteiger partial charge in [0, 0.05) is 28.9 Å². The molecule has 0 aliphatic heterocycles. The Labute approximate surface area is 90.3 Å². The smallest absolute Gasteiger partial charge is 0.0244 e. The summed E-state index contributed by atoms with van der Waals surface area (Å²) in [6.45, 7) is 3.38. The molecule has 1 aliphatic carbocycles. The molecule has 2 nitrogen and oxygen atoms in total. The van der Waals surface area contributed by atoms with Crippen LogP contribution in [0.3, 0.4) is 0 Å². The van der Waals surface area contributed by atoms with Crippen molar-refractivity contribution < 1.29 is 4.21 Å². The van der Waals surface area contributed by atoms with Crippen molar-refractivity contribution >= 4 is 10.8 Å². The molecule has 0 saturated heterocycles. The first-order valence-corrected chi connectivity index (χ1v) is 7.44. The van der Waals surface area contributed by atoms with Crippen LogP contribution in [0.4, 0.5) is 0 Å². The molecular weight excluding hydrogens is 194 g/mol. The maximum Gasteiger partial charge on any atom is 0.0244 e. The summed E-state index contributed by atoms with van der Waals surface area (Å²) in [6, 6.07) is 0.733. The van der Waals surface area contributed by atoms with E-state index in [1.54, 1.807) is 6.26 Å². The molecule has 0 aromatic heterocycles. The Morgan fingerprint density at radius 2 is 1.93 bits per heavy atom. The van der Waals surface area contributed by atoms with E-state index in [1.165, 1.54) is 25.7 Å². The van der Waals surface area contributed by atoms with Crippen molar-refractivity contribution in [2.24, 2.45) is 5.92 Å². The molecule has 1 N–H and O–H groups in total. The predicted octanol–water partition coefficient (Wildman–Crippen LogP) is 1.92. The normalized spacial score (nSPS) is 30.1. The summed E-state index contributed by atoms with van der Waals surface area (Å²) in [5.74, 6) is 1.77. The molecule has 3 heteroatoms. The van der Waals surface area contributed by atoms with Crippen molar-refractivity contribution in [3.05, 3.63) is 0 Å². The second kappa shape index (κ2) is 6.57. The second-order valence-electron chi connectivity index (χ2n) is 4.54. The quantitative estimate of drug-likeness (QED) is 0.713. The van der Waals surface area contributed by atoms with Crippen LogP contribution in [0.25, 0.3) is 0 Å². The Kier molecular flexibility index (Phi) is 5.71. The van der Waals surface area contributed by atoms with E-state index >= 15 is 0 Å². The van der Waals surface area contributed by atoms with Gasteiger partial charge in [0.25, 0.3) is 0 Å². The van der Waals surface area contributed by atoms with Gasteiger partial charge < -0.3 is 5.32 Å². The maximum absolute atomic E-state index is 10.8. The lowest BCUT2D eigenvalue weighted by Crippen LogP contribution is -2.33. The third kappa shape index (κ3) is 5.11. The van der Waals surface area contributed by atoms with Crippen LogP contribution in [0, 0.1) is 5.92 Å². The van der Waals surface area contributed by atoms with E-state index in [1.807, 2.05) is 0 Å². The van der Waals surface area contributed by atoms with Crippen molar-refractivity contribution in [2.45, 2.75) is 45.1 Å². The highest BCUT2D eigenvalue weighted by atomic mass is 32.2. The Morgan fingerprint density at radius 1 is 1.29 bits per heavy atom. The highest BCUT2D eigenvalue weighted by Crippen LogP contribution is 2.23. The first-order valence-electron chi connectivity index (χ1n) is 5.72. The van der Waals surface area contributed by atoms with E-state index in [0.717, 1.165) is 30.7 Å². The van der Waals surface area contributed by atoms with Crippen LogP contribution in [-0.2, 0) is 10.8 Å². The molecule has 0 amide bonds. The summed E-state index contributed by atoms with van der Waals surface area (Å²) in [6.07, 6.45) is 8.24. The SMILES string of the molecule is CC1CCC(NCCCS(C)=O)CC1. The minimum absolute atomic E-state index is 0.618.